The molecule has 0 bridgehead atoms. The number of hydrogen-bond donors (Lipinski definition) is 1. The number of nitrogens with zero attached hydrogens (tertiary/aromatic N) is 1. The third kappa shape index (κ3) is 4.89. The summed E-state index contributed by atoms with van der Waals surface area (Å²) in [5.41, 5.74) is 0.931. The van der Waals surface area contributed by atoms with E-state index in [2.05, 4.69) is 5.32 Å². The van der Waals surface area contributed by atoms with Gasteiger partial charge in [0.15, 0.2) is 0 Å². The SMILES string of the molecule is COC(=O)c1ccccc1N(CCC(=O)Nc1cccc(F)c1)C(C)=O. The van der Waals surface area contributed by atoms with Gasteiger partial charge in [0, 0.05) is 25.6 Å². The minimum absolute atomic E-state index is 0.0222. The summed E-state index contributed by atoms with van der Waals surface area (Å²) >= 11 is 0. The van der Waals surface area contributed by atoms with Crippen LogP contribution in [0.5, 0.6) is 0 Å². The number of nitrogens with one attached hydrogen (secondary N) is 1. The summed E-state index contributed by atoms with van der Waals surface area (Å²) in [6.45, 7) is 1.41. The Morgan fingerprint density at radius 1 is 1.12 bits per heavy atom. The Morgan fingerprint density at radius 3 is 2.50 bits per heavy atom. The second-order valence-corrected chi connectivity index (χ2v) is 5.49. The minimum atomic E-state index is -0.573. The zero-order chi connectivity index (χ0) is 19.1. The molecule has 2 rings (SSSR count). The highest BCUT2D eigenvalue weighted by atomic mass is 19.1. The average Bonchev–Trinajstić information content (AvgIpc) is 2.61. The summed E-state index contributed by atoms with van der Waals surface area (Å²) in [4.78, 5) is 37.3. The molecule has 2 aromatic rings. The lowest BCUT2D eigenvalue weighted by molar-refractivity contribution is -0.117. The fourth-order valence-corrected chi connectivity index (χ4v) is 2.44. The van der Waals surface area contributed by atoms with Gasteiger partial charge >= 0.3 is 5.97 Å². The van der Waals surface area contributed by atoms with E-state index < -0.39 is 11.8 Å². The fourth-order valence-electron chi connectivity index (χ4n) is 2.44. The van der Waals surface area contributed by atoms with Crippen LogP contribution in [0, 0.1) is 5.82 Å². The first-order valence-corrected chi connectivity index (χ1v) is 7.93. The van der Waals surface area contributed by atoms with E-state index >= 15 is 0 Å². The molecule has 1 N–H and O–H groups in total. The van der Waals surface area contributed by atoms with E-state index in [1.807, 2.05) is 0 Å². The quantitative estimate of drug-likeness (QED) is 0.806. The largest absolute Gasteiger partial charge is 0.465 e. The number of rotatable bonds is 6. The second kappa shape index (κ2) is 8.75. The van der Waals surface area contributed by atoms with E-state index in [9.17, 15) is 18.8 Å². The van der Waals surface area contributed by atoms with E-state index in [0.29, 0.717) is 11.4 Å². The molecular weight excluding hydrogens is 339 g/mol. The van der Waals surface area contributed by atoms with Gasteiger partial charge in [0.2, 0.25) is 11.8 Å². The van der Waals surface area contributed by atoms with Crippen molar-refractivity contribution in [3.8, 4) is 0 Å². The number of anilines is 2. The van der Waals surface area contributed by atoms with Crippen LogP contribution in [-0.4, -0.2) is 31.4 Å². The molecule has 136 valence electrons. The van der Waals surface area contributed by atoms with Crippen molar-refractivity contribution in [2.75, 3.05) is 23.9 Å². The fraction of sp³-hybridized carbons (Fsp3) is 0.211. The molecular formula is C19H19FN2O4. The Morgan fingerprint density at radius 2 is 1.85 bits per heavy atom. The van der Waals surface area contributed by atoms with Gasteiger partial charge in [-0.25, -0.2) is 9.18 Å². The number of benzene rings is 2. The van der Waals surface area contributed by atoms with Gasteiger partial charge in [-0.05, 0) is 30.3 Å². The molecule has 0 atom stereocenters. The van der Waals surface area contributed by atoms with Gasteiger partial charge in [-0.1, -0.05) is 18.2 Å². The number of ether oxygens (including phenoxy) is 1. The van der Waals surface area contributed by atoms with Crippen molar-refractivity contribution in [1.29, 1.82) is 0 Å². The highest BCUT2D eigenvalue weighted by Crippen LogP contribution is 2.22. The lowest BCUT2D eigenvalue weighted by Crippen LogP contribution is -2.33. The van der Waals surface area contributed by atoms with Crippen LogP contribution in [-0.2, 0) is 14.3 Å². The summed E-state index contributed by atoms with van der Waals surface area (Å²) in [5.74, 6) is -1.73. The number of esters is 1. The third-order valence-electron chi connectivity index (χ3n) is 3.65. The monoisotopic (exact) mass is 358 g/mol. The van der Waals surface area contributed by atoms with Crippen LogP contribution in [0.25, 0.3) is 0 Å². The van der Waals surface area contributed by atoms with Crippen LogP contribution < -0.4 is 10.2 Å². The molecule has 0 unspecified atom stereocenters. The van der Waals surface area contributed by atoms with Crippen molar-refractivity contribution in [3.63, 3.8) is 0 Å². The number of hydrogen-bond acceptors (Lipinski definition) is 4. The standard InChI is InChI=1S/C19H19FN2O4/c1-13(23)22(17-9-4-3-8-16(17)19(25)26-2)11-10-18(24)21-15-7-5-6-14(20)12-15/h3-9,12H,10-11H2,1-2H3,(H,21,24). The van der Waals surface area contributed by atoms with Gasteiger partial charge in [-0.3, -0.25) is 9.59 Å². The van der Waals surface area contributed by atoms with Crippen molar-refractivity contribution in [1.82, 2.24) is 0 Å². The Kier molecular flexibility index (Phi) is 6.43. The molecule has 0 fully saturated rings. The van der Waals surface area contributed by atoms with Crippen molar-refractivity contribution in [2.24, 2.45) is 0 Å². The Balaban J connectivity index is 2.11. The highest BCUT2D eigenvalue weighted by Gasteiger charge is 2.20. The lowest BCUT2D eigenvalue weighted by Gasteiger charge is -2.23. The maximum absolute atomic E-state index is 13.2. The zero-order valence-corrected chi connectivity index (χ0v) is 14.5. The molecule has 0 aliphatic rings. The maximum Gasteiger partial charge on any atom is 0.339 e. The van der Waals surface area contributed by atoms with E-state index in [-0.39, 0.29) is 30.3 Å². The van der Waals surface area contributed by atoms with E-state index in [4.69, 9.17) is 4.74 Å². The van der Waals surface area contributed by atoms with Crippen LogP contribution in [0.2, 0.25) is 0 Å². The molecule has 0 spiro atoms. The number of carbonyl (C=O) groups is 3. The molecule has 2 amide bonds. The Hall–Kier alpha value is -3.22. The predicted molar refractivity (Wildman–Crippen MR) is 95.5 cm³/mol. The molecule has 0 aromatic heterocycles. The zero-order valence-electron chi connectivity index (χ0n) is 14.5. The molecule has 0 heterocycles. The molecule has 0 saturated carbocycles. The smallest absolute Gasteiger partial charge is 0.339 e. The number of para-hydroxylation sites is 1. The molecule has 6 nitrogen and oxygen atoms in total. The van der Waals surface area contributed by atoms with Crippen LogP contribution in [0.4, 0.5) is 15.8 Å². The van der Waals surface area contributed by atoms with Gasteiger partial charge in [0.1, 0.15) is 5.82 Å². The van der Waals surface area contributed by atoms with Gasteiger partial charge in [0.25, 0.3) is 0 Å². The van der Waals surface area contributed by atoms with Gasteiger partial charge in [0.05, 0.1) is 18.4 Å². The first kappa shape index (κ1) is 19.1. The molecule has 26 heavy (non-hydrogen) atoms. The molecule has 2 aromatic carbocycles. The van der Waals surface area contributed by atoms with Gasteiger partial charge in [-0.15, -0.1) is 0 Å². The highest BCUT2D eigenvalue weighted by molar-refractivity contribution is 6.02. The van der Waals surface area contributed by atoms with Crippen LogP contribution in [0.3, 0.4) is 0 Å². The first-order chi connectivity index (χ1) is 12.4. The molecule has 0 aliphatic carbocycles. The predicted octanol–water partition coefficient (Wildman–Crippen LogP) is 2.99. The van der Waals surface area contributed by atoms with E-state index in [1.54, 1.807) is 30.3 Å². The maximum atomic E-state index is 13.2. The lowest BCUT2D eigenvalue weighted by atomic mass is 10.1. The van der Waals surface area contributed by atoms with Gasteiger partial charge < -0.3 is 15.0 Å². The second-order valence-electron chi connectivity index (χ2n) is 5.49. The van der Waals surface area contributed by atoms with Crippen LogP contribution in [0.1, 0.15) is 23.7 Å². The van der Waals surface area contributed by atoms with Crippen molar-refractivity contribution < 1.29 is 23.5 Å². The van der Waals surface area contributed by atoms with E-state index in [0.717, 1.165) is 0 Å². The van der Waals surface area contributed by atoms with Gasteiger partial charge in [-0.2, -0.15) is 0 Å². The molecule has 0 saturated heterocycles. The summed E-state index contributed by atoms with van der Waals surface area (Å²) in [6, 6.07) is 12.0. The average molecular weight is 358 g/mol. The summed E-state index contributed by atoms with van der Waals surface area (Å²) in [5, 5.41) is 2.57. The first-order valence-electron chi connectivity index (χ1n) is 7.93. The summed E-state index contributed by atoms with van der Waals surface area (Å²) in [6.07, 6.45) is -0.0222. The van der Waals surface area contributed by atoms with Crippen LogP contribution >= 0.6 is 0 Å². The van der Waals surface area contributed by atoms with Crippen molar-refractivity contribution in [2.45, 2.75) is 13.3 Å². The minimum Gasteiger partial charge on any atom is -0.465 e. The Bertz CT molecular complexity index is 823. The summed E-state index contributed by atoms with van der Waals surface area (Å²) < 4.78 is 17.9. The third-order valence-corrected chi connectivity index (χ3v) is 3.65. The summed E-state index contributed by atoms with van der Waals surface area (Å²) in [7, 11) is 1.25. The molecule has 7 heteroatoms. The van der Waals surface area contributed by atoms with Crippen molar-refractivity contribution in [3.05, 3.63) is 59.9 Å². The normalized spacial score (nSPS) is 10.1. The van der Waals surface area contributed by atoms with Crippen molar-refractivity contribution >= 4 is 29.2 Å². The van der Waals surface area contributed by atoms with E-state index in [1.165, 1.54) is 37.1 Å². The number of methoxy groups -OCH3 is 1. The number of carbonyl (C=O) groups excluding carboxylic acids is 3. The van der Waals surface area contributed by atoms with Crippen LogP contribution in [0.15, 0.2) is 48.5 Å². The Labute approximate surface area is 150 Å². The topological polar surface area (TPSA) is 75.7 Å². The molecule has 0 aliphatic heterocycles. The number of amides is 2. The molecule has 0 radical (unpaired) electrons. The number of halogens is 1.